The van der Waals surface area contributed by atoms with E-state index in [0.29, 0.717) is 13.2 Å². The Labute approximate surface area is 62.1 Å². The number of rotatable bonds is 6. The van der Waals surface area contributed by atoms with E-state index < -0.39 is 0 Å². The lowest BCUT2D eigenvalue weighted by Gasteiger charge is -2.09. The Morgan fingerprint density at radius 2 is 2.20 bits per heavy atom. The monoisotopic (exact) mass is 142 g/mol. The van der Waals surface area contributed by atoms with Gasteiger partial charge in [-0.05, 0) is 6.92 Å². The Balaban J connectivity index is 3.15. The second kappa shape index (κ2) is 6.36. The van der Waals surface area contributed by atoms with E-state index in [1.807, 2.05) is 6.92 Å². The average Bonchev–Trinajstić information content (AvgIpc) is 1.97. The van der Waals surface area contributed by atoms with Gasteiger partial charge >= 0.3 is 0 Å². The SMILES string of the molecule is C=CCOC(C)COC=C. The molecule has 2 heteroatoms. The first-order chi connectivity index (χ1) is 4.81. The minimum atomic E-state index is 0.107. The van der Waals surface area contributed by atoms with Crippen molar-refractivity contribution < 1.29 is 9.47 Å². The Morgan fingerprint density at radius 1 is 1.50 bits per heavy atom. The standard InChI is InChI=1S/C8H14O2/c1-4-6-10-8(3)7-9-5-2/h4-5,8H,1-2,6-7H2,3H3. The van der Waals surface area contributed by atoms with Crippen molar-refractivity contribution in [2.45, 2.75) is 13.0 Å². The van der Waals surface area contributed by atoms with E-state index in [2.05, 4.69) is 13.2 Å². The van der Waals surface area contributed by atoms with Gasteiger partial charge in [0.2, 0.25) is 0 Å². The molecule has 10 heavy (non-hydrogen) atoms. The molecule has 1 atom stereocenters. The van der Waals surface area contributed by atoms with Gasteiger partial charge in [-0.3, -0.25) is 0 Å². The molecule has 58 valence electrons. The molecule has 0 heterocycles. The fourth-order valence-corrected chi connectivity index (χ4v) is 0.484. The summed E-state index contributed by atoms with van der Waals surface area (Å²) in [6, 6.07) is 0. The lowest BCUT2D eigenvalue weighted by molar-refractivity contribution is 0.0353. The van der Waals surface area contributed by atoms with Crippen molar-refractivity contribution in [3.8, 4) is 0 Å². The van der Waals surface area contributed by atoms with Gasteiger partial charge < -0.3 is 9.47 Å². The van der Waals surface area contributed by atoms with Gasteiger partial charge in [-0.25, -0.2) is 0 Å². The predicted octanol–water partition coefficient (Wildman–Crippen LogP) is 1.74. The van der Waals surface area contributed by atoms with Crippen LogP contribution in [0.5, 0.6) is 0 Å². The van der Waals surface area contributed by atoms with Crippen LogP contribution in [0.3, 0.4) is 0 Å². The molecule has 0 aliphatic carbocycles. The van der Waals surface area contributed by atoms with Crippen molar-refractivity contribution in [2.75, 3.05) is 13.2 Å². The third-order valence-corrected chi connectivity index (χ3v) is 0.947. The predicted molar refractivity (Wildman–Crippen MR) is 41.8 cm³/mol. The second-order valence-corrected chi connectivity index (χ2v) is 1.93. The summed E-state index contributed by atoms with van der Waals surface area (Å²) in [5.74, 6) is 0. The van der Waals surface area contributed by atoms with Gasteiger partial charge in [-0.15, -0.1) is 6.58 Å². The van der Waals surface area contributed by atoms with Crippen LogP contribution in [0.15, 0.2) is 25.5 Å². The summed E-state index contributed by atoms with van der Waals surface area (Å²) in [6.07, 6.45) is 3.23. The van der Waals surface area contributed by atoms with Crippen LogP contribution in [-0.4, -0.2) is 19.3 Å². The molecule has 0 saturated carbocycles. The molecular weight excluding hydrogens is 128 g/mol. The highest BCUT2D eigenvalue weighted by atomic mass is 16.5. The van der Waals surface area contributed by atoms with Crippen molar-refractivity contribution in [1.82, 2.24) is 0 Å². The normalized spacial score (nSPS) is 12.1. The minimum absolute atomic E-state index is 0.107. The van der Waals surface area contributed by atoms with Crippen LogP contribution >= 0.6 is 0 Å². The molecule has 0 saturated heterocycles. The largest absolute Gasteiger partial charge is 0.499 e. The van der Waals surface area contributed by atoms with Gasteiger partial charge in [0.15, 0.2) is 0 Å². The third-order valence-electron chi connectivity index (χ3n) is 0.947. The Bertz CT molecular complexity index is 87.4. The number of hydrogen-bond donors (Lipinski definition) is 0. The van der Waals surface area contributed by atoms with Crippen molar-refractivity contribution in [3.63, 3.8) is 0 Å². The lowest BCUT2D eigenvalue weighted by atomic mass is 10.4. The first-order valence-electron chi connectivity index (χ1n) is 3.26. The van der Waals surface area contributed by atoms with E-state index in [1.54, 1.807) is 6.08 Å². The molecule has 2 nitrogen and oxygen atoms in total. The van der Waals surface area contributed by atoms with Crippen molar-refractivity contribution in [2.24, 2.45) is 0 Å². The van der Waals surface area contributed by atoms with E-state index >= 15 is 0 Å². The maximum Gasteiger partial charge on any atom is 0.113 e. The Morgan fingerprint density at radius 3 is 2.70 bits per heavy atom. The van der Waals surface area contributed by atoms with E-state index in [9.17, 15) is 0 Å². The molecule has 0 bridgehead atoms. The zero-order chi connectivity index (χ0) is 7.82. The van der Waals surface area contributed by atoms with Gasteiger partial charge in [-0.1, -0.05) is 12.7 Å². The zero-order valence-corrected chi connectivity index (χ0v) is 6.38. The summed E-state index contributed by atoms with van der Waals surface area (Å²) < 4.78 is 10.1. The van der Waals surface area contributed by atoms with Gasteiger partial charge in [0.05, 0.1) is 19.0 Å². The summed E-state index contributed by atoms with van der Waals surface area (Å²) in [5, 5.41) is 0. The van der Waals surface area contributed by atoms with Crippen LogP contribution in [0, 0.1) is 0 Å². The minimum Gasteiger partial charge on any atom is -0.499 e. The molecule has 0 aromatic rings. The zero-order valence-electron chi connectivity index (χ0n) is 6.38. The highest BCUT2D eigenvalue weighted by Crippen LogP contribution is 1.91. The van der Waals surface area contributed by atoms with Gasteiger partial charge in [0, 0.05) is 0 Å². The van der Waals surface area contributed by atoms with Crippen LogP contribution in [0.4, 0.5) is 0 Å². The first-order valence-corrected chi connectivity index (χ1v) is 3.26. The molecule has 0 aromatic carbocycles. The van der Waals surface area contributed by atoms with Crippen molar-refractivity contribution in [3.05, 3.63) is 25.5 Å². The third kappa shape index (κ3) is 5.38. The molecular formula is C8H14O2. The second-order valence-electron chi connectivity index (χ2n) is 1.93. The number of hydrogen-bond acceptors (Lipinski definition) is 2. The van der Waals surface area contributed by atoms with Gasteiger partial charge in [0.1, 0.15) is 6.61 Å². The van der Waals surface area contributed by atoms with Gasteiger partial charge in [-0.2, -0.15) is 0 Å². The molecule has 0 spiro atoms. The summed E-state index contributed by atoms with van der Waals surface area (Å²) in [6.45, 7) is 10.0. The molecule has 0 radical (unpaired) electrons. The molecule has 0 rings (SSSR count). The quantitative estimate of drug-likeness (QED) is 0.415. The maximum absolute atomic E-state index is 5.20. The fraction of sp³-hybridized carbons (Fsp3) is 0.500. The average molecular weight is 142 g/mol. The molecule has 0 aromatic heterocycles. The van der Waals surface area contributed by atoms with E-state index in [-0.39, 0.29) is 6.10 Å². The lowest BCUT2D eigenvalue weighted by Crippen LogP contribution is -2.14. The van der Waals surface area contributed by atoms with Crippen LogP contribution in [-0.2, 0) is 9.47 Å². The highest BCUT2D eigenvalue weighted by Gasteiger charge is 1.97. The molecule has 1 unspecified atom stereocenters. The molecule has 0 aliphatic heterocycles. The van der Waals surface area contributed by atoms with Crippen molar-refractivity contribution in [1.29, 1.82) is 0 Å². The van der Waals surface area contributed by atoms with Crippen molar-refractivity contribution >= 4 is 0 Å². The van der Waals surface area contributed by atoms with Crippen LogP contribution < -0.4 is 0 Å². The summed E-state index contributed by atoms with van der Waals surface area (Å²) in [4.78, 5) is 0. The Kier molecular flexibility index (Phi) is 5.88. The van der Waals surface area contributed by atoms with E-state index in [1.165, 1.54) is 6.26 Å². The van der Waals surface area contributed by atoms with Crippen LogP contribution in [0.2, 0.25) is 0 Å². The molecule has 0 aliphatic rings. The Hall–Kier alpha value is -0.760. The van der Waals surface area contributed by atoms with Gasteiger partial charge in [0.25, 0.3) is 0 Å². The molecule has 0 fully saturated rings. The topological polar surface area (TPSA) is 18.5 Å². The molecule has 0 N–H and O–H groups in total. The highest BCUT2D eigenvalue weighted by molar-refractivity contribution is 4.65. The first kappa shape index (κ1) is 9.24. The van der Waals surface area contributed by atoms with E-state index in [4.69, 9.17) is 9.47 Å². The summed E-state index contributed by atoms with van der Waals surface area (Å²) in [7, 11) is 0. The maximum atomic E-state index is 5.20. The number of ether oxygens (including phenoxy) is 2. The van der Waals surface area contributed by atoms with E-state index in [0.717, 1.165) is 0 Å². The summed E-state index contributed by atoms with van der Waals surface area (Å²) >= 11 is 0. The summed E-state index contributed by atoms with van der Waals surface area (Å²) in [5.41, 5.74) is 0. The molecule has 0 amide bonds. The fourth-order valence-electron chi connectivity index (χ4n) is 0.484. The van der Waals surface area contributed by atoms with Crippen LogP contribution in [0.25, 0.3) is 0 Å². The van der Waals surface area contributed by atoms with Crippen LogP contribution in [0.1, 0.15) is 6.92 Å². The smallest absolute Gasteiger partial charge is 0.113 e.